The molecule has 0 heterocycles. The summed E-state index contributed by atoms with van der Waals surface area (Å²) >= 11 is 0. The maximum atomic E-state index is 9.92. The quantitative estimate of drug-likeness (QED) is 0.866. The highest BCUT2D eigenvalue weighted by atomic mass is 16.5. The van der Waals surface area contributed by atoms with E-state index in [9.17, 15) is 5.11 Å². The third kappa shape index (κ3) is 5.65. The van der Waals surface area contributed by atoms with Crippen LogP contribution in [-0.2, 0) is 11.2 Å². The zero-order valence-electron chi connectivity index (χ0n) is 12.2. The molecular weight excluding hydrogens is 224 g/mol. The van der Waals surface area contributed by atoms with Crippen molar-refractivity contribution in [3.05, 3.63) is 35.4 Å². The molecule has 0 saturated heterocycles. The first kappa shape index (κ1) is 15.2. The van der Waals surface area contributed by atoms with E-state index in [0.29, 0.717) is 18.9 Å². The van der Waals surface area contributed by atoms with Crippen molar-refractivity contribution >= 4 is 0 Å². The van der Waals surface area contributed by atoms with Crippen molar-refractivity contribution in [3.8, 4) is 0 Å². The van der Waals surface area contributed by atoms with Gasteiger partial charge in [-0.25, -0.2) is 0 Å². The summed E-state index contributed by atoms with van der Waals surface area (Å²) in [6.07, 6.45) is 0.211. The van der Waals surface area contributed by atoms with Crippen molar-refractivity contribution in [2.75, 3.05) is 6.61 Å². The van der Waals surface area contributed by atoms with Crippen LogP contribution in [0.1, 0.15) is 51.7 Å². The molecule has 1 aromatic carbocycles. The molecule has 0 aromatic heterocycles. The van der Waals surface area contributed by atoms with E-state index in [4.69, 9.17) is 4.74 Å². The van der Waals surface area contributed by atoms with Crippen molar-refractivity contribution in [1.29, 1.82) is 0 Å². The summed E-state index contributed by atoms with van der Waals surface area (Å²) in [5.74, 6) is 0.549. The summed E-state index contributed by atoms with van der Waals surface area (Å²) in [4.78, 5) is 0. The number of hydrogen-bond donors (Lipinski definition) is 1. The fourth-order valence-corrected chi connectivity index (χ4v) is 1.72. The minimum absolute atomic E-state index is 0.192. The summed E-state index contributed by atoms with van der Waals surface area (Å²) < 4.78 is 5.58. The average Bonchev–Trinajstić information content (AvgIpc) is 2.26. The van der Waals surface area contributed by atoms with Crippen molar-refractivity contribution in [3.63, 3.8) is 0 Å². The van der Waals surface area contributed by atoms with Gasteiger partial charge < -0.3 is 9.84 Å². The van der Waals surface area contributed by atoms with E-state index >= 15 is 0 Å². The van der Waals surface area contributed by atoms with Crippen LogP contribution in [0.4, 0.5) is 0 Å². The Balaban J connectivity index is 2.47. The van der Waals surface area contributed by atoms with Crippen LogP contribution in [0.25, 0.3) is 0 Å². The topological polar surface area (TPSA) is 29.5 Å². The molecule has 1 rings (SSSR count). The molecule has 0 aliphatic carbocycles. The predicted octanol–water partition coefficient (Wildman–Crippen LogP) is 3.53. The first-order chi connectivity index (χ1) is 8.28. The van der Waals surface area contributed by atoms with E-state index in [-0.39, 0.29) is 5.60 Å². The SMILES string of the molecule is CC(C)c1ccc(CC(O)COC(C)(C)C)cc1. The smallest absolute Gasteiger partial charge is 0.0814 e. The van der Waals surface area contributed by atoms with Gasteiger partial charge in [0, 0.05) is 6.42 Å². The van der Waals surface area contributed by atoms with Gasteiger partial charge in [0.05, 0.1) is 18.3 Å². The van der Waals surface area contributed by atoms with Crippen LogP contribution in [0.2, 0.25) is 0 Å². The van der Waals surface area contributed by atoms with Crippen molar-refractivity contribution in [1.82, 2.24) is 0 Å². The molecule has 102 valence electrons. The Kier molecular flexibility index (Phi) is 5.36. The lowest BCUT2D eigenvalue weighted by molar-refractivity contribution is -0.0482. The molecule has 2 heteroatoms. The minimum Gasteiger partial charge on any atom is -0.390 e. The standard InChI is InChI=1S/C16H26O2/c1-12(2)14-8-6-13(7-9-14)10-15(17)11-18-16(3,4)5/h6-9,12,15,17H,10-11H2,1-5H3. The lowest BCUT2D eigenvalue weighted by Gasteiger charge is -2.22. The van der Waals surface area contributed by atoms with Gasteiger partial charge in [0.1, 0.15) is 0 Å². The maximum absolute atomic E-state index is 9.92. The zero-order valence-corrected chi connectivity index (χ0v) is 12.2. The Morgan fingerprint density at radius 2 is 1.67 bits per heavy atom. The van der Waals surface area contributed by atoms with Gasteiger partial charge in [0.25, 0.3) is 0 Å². The van der Waals surface area contributed by atoms with Crippen LogP contribution >= 0.6 is 0 Å². The van der Waals surface area contributed by atoms with Gasteiger partial charge in [-0.3, -0.25) is 0 Å². The van der Waals surface area contributed by atoms with E-state index in [1.807, 2.05) is 20.8 Å². The van der Waals surface area contributed by atoms with E-state index in [2.05, 4.69) is 38.1 Å². The molecule has 1 atom stereocenters. The maximum Gasteiger partial charge on any atom is 0.0814 e. The van der Waals surface area contributed by atoms with E-state index in [1.165, 1.54) is 5.56 Å². The van der Waals surface area contributed by atoms with Crippen molar-refractivity contribution in [2.45, 2.75) is 58.7 Å². The van der Waals surface area contributed by atoms with Crippen molar-refractivity contribution in [2.24, 2.45) is 0 Å². The molecule has 0 aliphatic heterocycles. The van der Waals surface area contributed by atoms with Crippen LogP contribution < -0.4 is 0 Å². The fraction of sp³-hybridized carbons (Fsp3) is 0.625. The van der Waals surface area contributed by atoms with Gasteiger partial charge >= 0.3 is 0 Å². The van der Waals surface area contributed by atoms with E-state index in [0.717, 1.165) is 5.56 Å². The van der Waals surface area contributed by atoms with Crippen molar-refractivity contribution < 1.29 is 9.84 Å². The Morgan fingerprint density at radius 3 is 2.11 bits per heavy atom. The molecule has 0 amide bonds. The molecule has 0 saturated carbocycles. The summed E-state index contributed by atoms with van der Waals surface area (Å²) in [6, 6.07) is 8.46. The first-order valence-electron chi connectivity index (χ1n) is 6.69. The Hall–Kier alpha value is -0.860. The number of rotatable bonds is 5. The highest BCUT2D eigenvalue weighted by molar-refractivity contribution is 5.25. The minimum atomic E-state index is -0.436. The highest BCUT2D eigenvalue weighted by Crippen LogP contribution is 2.16. The first-order valence-corrected chi connectivity index (χ1v) is 6.69. The normalized spacial score (nSPS) is 13.9. The van der Waals surface area contributed by atoms with Crippen LogP contribution in [-0.4, -0.2) is 23.4 Å². The van der Waals surface area contributed by atoms with E-state index < -0.39 is 6.10 Å². The fourth-order valence-electron chi connectivity index (χ4n) is 1.72. The number of hydrogen-bond acceptors (Lipinski definition) is 2. The van der Waals surface area contributed by atoms with Gasteiger partial charge in [-0.1, -0.05) is 38.1 Å². The Morgan fingerprint density at radius 1 is 1.11 bits per heavy atom. The molecule has 1 aromatic rings. The van der Waals surface area contributed by atoms with E-state index in [1.54, 1.807) is 0 Å². The third-order valence-corrected chi connectivity index (χ3v) is 2.83. The molecule has 0 radical (unpaired) electrons. The predicted molar refractivity (Wildman–Crippen MR) is 75.9 cm³/mol. The molecule has 0 fully saturated rings. The van der Waals surface area contributed by atoms with Gasteiger partial charge in [-0.05, 0) is 37.8 Å². The molecular formula is C16H26O2. The molecule has 2 nitrogen and oxygen atoms in total. The second-order valence-electron chi connectivity index (χ2n) is 6.18. The summed E-state index contributed by atoms with van der Waals surface area (Å²) in [7, 11) is 0. The molecule has 0 aliphatic rings. The lowest BCUT2D eigenvalue weighted by Crippen LogP contribution is -2.27. The van der Waals surface area contributed by atoms with Gasteiger partial charge in [0.2, 0.25) is 0 Å². The Labute approximate surface area is 111 Å². The monoisotopic (exact) mass is 250 g/mol. The molecule has 1 unspecified atom stereocenters. The highest BCUT2D eigenvalue weighted by Gasteiger charge is 2.14. The summed E-state index contributed by atoms with van der Waals surface area (Å²) in [5, 5.41) is 9.92. The van der Waals surface area contributed by atoms with Gasteiger partial charge in [0.15, 0.2) is 0 Å². The average molecular weight is 250 g/mol. The second kappa shape index (κ2) is 6.35. The van der Waals surface area contributed by atoms with Crippen LogP contribution in [0.15, 0.2) is 24.3 Å². The lowest BCUT2D eigenvalue weighted by atomic mass is 10.00. The zero-order chi connectivity index (χ0) is 13.8. The molecule has 18 heavy (non-hydrogen) atoms. The molecule has 0 spiro atoms. The molecule has 1 N–H and O–H groups in total. The number of aliphatic hydroxyl groups is 1. The van der Waals surface area contributed by atoms with Gasteiger partial charge in [-0.15, -0.1) is 0 Å². The second-order valence-corrected chi connectivity index (χ2v) is 6.18. The number of aliphatic hydroxyl groups excluding tert-OH is 1. The van der Waals surface area contributed by atoms with Crippen LogP contribution in [0.3, 0.4) is 0 Å². The Bertz CT molecular complexity index is 346. The molecule has 0 bridgehead atoms. The summed E-state index contributed by atoms with van der Waals surface area (Å²) in [5.41, 5.74) is 2.30. The third-order valence-electron chi connectivity index (χ3n) is 2.83. The van der Waals surface area contributed by atoms with Gasteiger partial charge in [-0.2, -0.15) is 0 Å². The van der Waals surface area contributed by atoms with Crippen LogP contribution in [0.5, 0.6) is 0 Å². The van der Waals surface area contributed by atoms with Crippen LogP contribution in [0, 0.1) is 0 Å². The summed E-state index contributed by atoms with van der Waals surface area (Å²) in [6.45, 7) is 10.7. The number of benzene rings is 1. The number of ether oxygens (including phenoxy) is 1. The largest absolute Gasteiger partial charge is 0.390 e.